The number of thioether (sulfide) groups is 1. The number of hydrogen-bond donors (Lipinski definition) is 2. The summed E-state index contributed by atoms with van der Waals surface area (Å²) in [5.74, 6) is 1.24. The smallest absolute Gasteiger partial charge is 0.00915 e. The lowest BCUT2D eigenvalue weighted by atomic mass is 10.1. The first-order valence-corrected chi connectivity index (χ1v) is 5.76. The van der Waals surface area contributed by atoms with Crippen molar-refractivity contribution >= 4 is 36.6 Å². The second kappa shape index (κ2) is 10.9. The molecule has 2 nitrogen and oxygen atoms in total. The van der Waals surface area contributed by atoms with Gasteiger partial charge < -0.3 is 10.6 Å². The van der Waals surface area contributed by atoms with Crippen LogP contribution in [0.5, 0.6) is 0 Å². The van der Waals surface area contributed by atoms with Gasteiger partial charge in [0.2, 0.25) is 0 Å². The zero-order chi connectivity index (χ0) is 7.94. The second-order valence-electron chi connectivity index (χ2n) is 2.97. The quantitative estimate of drug-likeness (QED) is 0.737. The molecule has 1 rings (SSSR count). The highest BCUT2D eigenvalue weighted by molar-refractivity contribution is 7.98. The van der Waals surface area contributed by atoms with Crippen molar-refractivity contribution in [2.75, 3.05) is 31.6 Å². The first-order chi connectivity index (χ1) is 5.43. The minimum absolute atomic E-state index is 0. The zero-order valence-corrected chi connectivity index (χ0v) is 10.5. The molecule has 1 fully saturated rings. The molecule has 0 atom stereocenters. The third-order valence-electron chi connectivity index (χ3n) is 2.08. The van der Waals surface area contributed by atoms with Crippen molar-refractivity contribution in [3.63, 3.8) is 0 Å². The van der Waals surface area contributed by atoms with Crippen LogP contribution >= 0.6 is 36.6 Å². The Bertz CT molecular complexity index is 100. The van der Waals surface area contributed by atoms with Crippen LogP contribution in [0.3, 0.4) is 0 Å². The summed E-state index contributed by atoms with van der Waals surface area (Å²) >= 11 is 1.91. The maximum atomic E-state index is 3.56. The summed E-state index contributed by atoms with van der Waals surface area (Å²) in [7, 11) is 0. The Morgan fingerprint density at radius 3 is 2.46 bits per heavy atom. The minimum Gasteiger partial charge on any atom is -0.317 e. The maximum Gasteiger partial charge on any atom is 0.00915 e. The van der Waals surface area contributed by atoms with Crippen molar-refractivity contribution in [3.8, 4) is 0 Å². The van der Waals surface area contributed by atoms with Crippen molar-refractivity contribution in [1.29, 1.82) is 0 Å². The molecule has 2 N–H and O–H groups in total. The molecular weight excluding hydrogens is 227 g/mol. The molecule has 0 aromatic rings. The molecule has 5 heteroatoms. The summed E-state index contributed by atoms with van der Waals surface area (Å²) < 4.78 is 0. The molecule has 0 saturated carbocycles. The Morgan fingerprint density at radius 1 is 1.31 bits per heavy atom. The van der Waals surface area contributed by atoms with E-state index < -0.39 is 0 Å². The van der Waals surface area contributed by atoms with Crippen LogP contribution in [0, 0.1) is 0 Å². The van der Waals surface area contributed by atoms with Gasteiger partial charge in [-0.05, 0) is 32.2 Å². The lowest BCUT2D eigenvalue weighted by Gasteiger charge is -2.23. The van der Waals surface area contributed by atoms with Crippen molar-refractivity contribution < 1.29 is 0 Å². The van der Waals surface area contributed by atoms with E-state index in [2.05, 4.69) is 16.9 Å². The van der Waals surface area contributed by atoms with Gasteiger partial charge in [-0.15, -0.1) is 24.8 Å². The minimum atomic E-state index is 0. The number of halogens is 2. The van der Waals surface area contributed by atoms with Gasteiger partial charge in [-0.2, -0.15) is 11.8 Å². The van der Waals surface area contributed by atoms with Gasteiger partial charge in [-0.3, -0.25) is 0 Å². The molecule has 1 saturated heterocycles. The van der Waals surface area contributed by atoms with Crippen LogP contribution in [0.2, 0.25) is 0 Å². The number of piperidine rings is 1. The van der Waals surface area contributed by atoms with E-state index in [0.29, 0.717) is 0 Å². The normalized spacial score (nSPS) is 17.3. The van der Waals surface area contributed by atoms with Crippen molar-refractivity contribution in [2.24, 2.45) is 0 Å². The predicted molar refractivity (Wildman–Crippen MR) is 66.8 cm³/mol. The van der Waals surface area contributed by atoms with E-state index in [1.807, 2.05) is 11.8 Å². The predicted octanol–water partition coefficient (Wildman–Crippen LogP) is 1.53. The van der Waals surface area contributed by atoms with Gasteiger partial charge in [0, 0.05) is 18.3 Å². The summed E-state index contributed by atoms with van der Waals surface area (Å²) in [5.41, 5.74) is 0. The number of hydrogen-bond acceptors (Lipinski definition) is 3. The third-order valence-corrected chi connectivity index (χ3v) is 2.69. The fourth-order valence-corrected chi connectivity index (χ4v) is 1.71. The molecular formula is C8H20Cl2N2S. The van der Waals surface area contributed by atoms with Crippen LogP contribution in [-0.4, -0.2) is 37.7 Å². The van der Waals surface area contributed by atoms with Crippen LogP contribution in [0.4, 0.5) is 0 Å². The van der Waals surface area contributed by atoms with Crippen LogP contribution in [0.25, 0.3) is 0 Å². The van der Waals surface area contributed by atoms with Gasteiger partial charge in [0.05, 0.1) is 0 Å². The molecule has 0 spiro atoms. The van der Waals surface area contributed by atoms with Crippen molar-refractivity contribution in [1.82, 2.24) is 10.6 Å². The van der Waals surface area contributed by atoms with Crippen molar-refractivity contribution in [2.45, 2.75) is 18.9 Å². The van der Waals surface area contributed by atoms with Gasteiger partial charge in [-0.25, -0.2) is 0 Å². The number of rotatable bonds is 4. The topological polar surface area (TPSA) is 24.1 Å². The summed E-state index contributed by atoms with van der Waals surface area (Å²) in [6.07, 6.45) is 4.76. The van der Waals surface area contributed by atoms with Crippen molar-refractivity contribution in [3.05, 3.63) is 0 Å². The van der Waals surface area contributed by atoms with E-state index >= 15 is 0 Å². The standard InChI is InChI=1S/C8H18N2S.2ClH/c1-11-7-6-10-8-2-4-9-5-3-8;;/h8-10H,2-7H2,1H3;2*1H. The van der Waals surface area contributed by atoms with Gasteiger partial charge in [0.25, 0.3) is 0 Å². The van der Waals surface area contributed by atoms with E-state index in [4.69, 9.17) is 0 Å². The summed E-state index contributed by atoms with van der Waals surface area (Å²) in [6, 6.07) is 0.781. The Morgan fingerprint density at radius 2 is 1.92 bits per heavy atom. The van der Waals surface area contributed by atoms with Crippen LogP contribution in [0.15, 0.2) is 0 Å². The average Bonchev–Trinajstić information content (AvgIpc) is 2.07. The highest BCUT2D eigenvalue weighted by Gasteiger charge is 2.10. The van der Waals surface area contributed by atoms with Gasteiger partial charge in [0.15, 0.2) is 0 Å². The Labute approximate surface area is 97.8 Å². The highest BCUT2D eigenvalue weighted by atomic mass is 35.5. The molecule has 0 aromatic heterocycles. The molecule has 0 bridgehead atoms. The maximum absolute atomic E-state index is 3.56. The lowest BCUT2D eigenvalue weighted by molar-refractivity contribution is 0.395. The summed E-state index contributed by atoms with van der Waals surface area (Å²) in [5, 5.41) is 6.92. The molecule has 0 radical (unpaired) electrons. The molecule has 1 aliphatic rings. The zero-order valence-electron chi connectivity index (χ0n) is 8.04. The molecule has 0 amide bonds. The molecule has 0 unspecified atom stereocenters. The Hall–Kier alpha value is 0.850. The summed E-state index contributed by atoms with van der Waals surface area (Å²) in [6.45, 7) is 3.56. The molecule has 0 aromatic carbocycles. The van der Waals surface area contributed by atoms with Gasteiger partial charge in [0.1, 0.15) is 0 Å². The highest BCUT2D eigenvalue weighted by Crippen LogP contribution is 2.01. The molecule has 0 aliphatic carbocycles. The fourth-order valence-electron chi connectivity index (χ4n) is 1.39. The summed E-state index contributed by atoms with van der Waals surface area (Å²) in [4.78, 5) is 0. The number of nitrogens with one attached hydrogen (secondary N) is 2. The van der Waals surface area contributed by atoms with Gasteiger partial charge in [-0.1, -0.05) is 0 Å². The van der Waals surface area contributed by atoms with Gasteiger partial charge >= 0.3 is 0 Å². The fraction of sp³-hybridized carbons (Fsp3) is 1.00. The Kier molecular flexibility index (Phi) is 13.7. The molecule has 1 heterocycles. The molecule has 13 heavy (non-hydrogen) atoms. The largest absolute Gasteiger partial charge is 0.317 e. The lowest BCUT2D eigenvalue weighted by Crippen LogP contribution is -2.40. The average molecular weight is 247 g/mol. The van der Waals surface area contributed by atoms with E-state index in [0.717, 1.165) is 6.04 Å². The molecule has 1 aliphatic heterocycles. The Balaban J connectivity index is 0. The van der Waals surface area contributed by atoms with E-state index in [9.17, 15) is 0 Å². The van der Waals surface area contributed by atoms with E-state index in [1.54, 1.807) is 0 Å². The van der Waals surface area contributed by atoms with Crippen LogP contribution in [0.1, 0.15) is 12.8 Å². The van der Waals surface area contributed by atoms with Crippen LogP contribution in [-0.2, 0) is 0 Å². The second-order valence-corrected chi connectivity index (χ2v) is 3.96. The van der Waals surface area contributed by atoms with E-state index in [-0.39, 0.29) is 24.8 Å². The first-order valence-electron chi connectivity index (χ1n) is 4.36. The van der Waals surface area contributed by atoms with Crippen LogP contribution < -0.4 is 10.6 Å². The monoisotopic (exact) mass is 246 g/mol. The third kappa shape index (κ3) is 7.89. The van der Waals surface area contributed by atoms with E-state index in [1.165, 1.54) is 38.2 Å². The first kappa shape index (κ1) is 16.3. The SMILES string of the molecule is CSCCNC1CCNCC1.Cl.Cl. The molecule has 82 valence electrons.